The fraction of sp³-hybridized carbons (Fsp3) is 0.947. The summed E-state index contributed by atoms with van der Waals surface area (Å²) in [6.45, 7) is 22.4. The summed E-state index contributed by atoms with van der Waals surface area (Å²) in [7, 11) is 0. The summed E-state index contributed by atoms with van der Waals surface area (Å²) >= 11 is 0. The quantitative estimate of drug-likeness (QED) is 0.527. The molecule has 2 rings (SSSR count). The van der Waals surface area contributed by atoms with Gasteiger partial charge in [-0.15, -0.1) is 0 Å². The Labute approximate surface area is 155 Å². The van der Waals surface area contributed by atoms with E-state index >= 15 is 0 Å². The van der Waals surface area contributed by atoms with E-state index in [-0.39, 0.29) is 0 Å². The van der Waals surface area contributed by atoms with Gasteiger partial charge in [0.25, 0.3) is 0 Å². The lowest BCUT2D eigenvalue weighted by molar-refractivity contribution is 0.140. The molecular formula is C19H40N6. The third kappa shape index (κ3) is 6.42. The number of likely N-dealkylation sites (N-methyl/N-ethyl adjacent to an activating group) is 1. The lowest BCUT2D eigenvalue weighted by Crippen LogP contribution is -2.48. The minimum Gasteiger partial charge on any atom is -0.357 e. The number of rotatable bonds is 7. The van der Waals surface area contributed by atoms with Crippen LogP contribution in [0.2, 0.25) is 0 Å². The standard InChI is InChI=1S/C19H40N6/c1-6-20-19(22-18-15-25(16(3)4)14-17(18)5)21-8-9-24-12-10-23(7-2)11-13-24/h16-18H,6-15H2,1-5H3,(H2,20,21,22). The van der Waals surface area contributed by atoms with Gasteiger partial charge in [-0.1, -0.05) is 13.8 Å². The Kier molecular flexibility index (Phi) is 8.46. The first kappa shape index (κ1) is 20.5. The lowest BCUT2D eigenvalue weighted by atomic mass is 10.1. The van der Waals surface area contributed by atoms with Crippen molar-refractivity contribution in [3.63, 3.8) is 0 Å². The Morgan fingerprint density at radius 2 is 1.76 bits per heavy atom. The number of hydrogen-bond acceptors (Lipinski definition) is 4. The largest absolute Gasteiger partial charge is 0.357 e. The maximum atomic E-state index is 4.84. The molecule has 0 saturated carbocycles. The molecule has 0 spiro atoms. The van der Waals surface area contributed by atoms with Gasteiger partial charge in [-0.25, -0.2) is 0 Å². The van der Waals surface area contributed by atoms with Crippen LogP contribution in [0.5, 0.6) is 0 Å². The number of nitrogens with one attached hydrogen (secondary N) is 2. The highest BCUT2D eigenvalue weighted by atomic mass is 15.3. The number of guanidine groups is 1. The van der Waals surface area contributed by atoms with Gasteiger partial charge in [0.2, 0.25) is 0 Å². The van der Waals surface area contributed by atoms with Gasteiger partial charge in [0.05, 0.1) is 6.54 Å². The van der Waals surface area contributed by atoms with Crippen LogP contribution in [0.4, 0.5) is 0 Å². The molecule has 0 aromatic rings. The Hall–Kier alpha value is -0.850. The Balaban J connectivity index is 1.78. The molecule has 2 aliphatic rings. The van der Waals surface area contributed by atoms with E-state index in [4.69, 9.17) is 4.99 Å². The van der Waals surface area contributed by atoms with E-state index in [2.05, 4.69) is 60.0 Å². The second kappa shape index (κ2) is 10.3. The van der Waals surface area contributed by atoms with Crippen LogP contribution in [-0.4, -0.2) is 98.2 Å². The maximum absolute atomic E-state index is 4.84. The highest BCUT2D eigenvalue weighted by Crippen LogP contribution is 2.18. The van der Waals surface area contributed by atoms with E-state index in [0.29, 0.717) is 18.0 Å². The summed E-state index contributed by atoms with van der Waals surface area (Å²) in [5.41, 5.74) is 0. The molecular weight excluding hydrogens is 312 g/mol. The number of nitrogens with zero attached hydrogens (tertiary/aromatic N) is 4. The molecule has 0 radical (unpaired) electrons. The van der Waals surface area contributed by atoms with Crippen molar-refractivity contribution in [1.29, 1.82) is 0 Å². The molecule has 2 N–H and O–H groups in total. The number of likely N-dealkylation sites (tertiary alicyclic amines) is 1. The minimum atomic E-state index is 0.494. The smallest absolute Gasteiger partial charge is 0.191 e. The zero-order valence-corrected chi connectivity index (χ0v) is 17.1. The van der Waals surface area contributed by atoms with Gasteiger partial charge >= 0.3 is 0 Å². The first-order valence-electron chi connectivity index (χ1n) is 10.3. The highest BCUT2D eigenvalue weighted by molar-refractivity contribution is 5.80. The predicted molar refractivity (Wildman–Crippen MR) is 107 cm³/mol. The molecule has 2 aliphatic heterocycles. The summed E-state index contributed by atoms with van der Waals surface area (Å²) in [6.07, 6.45) is 0. The van der Waals surface area contributed by atoms with Crippen LogP contribution in [0.15, 0.2) is 4.99 Å². The van der Waals surface area contributed by atoms with Crippen molar-refractivity contribution in [3.05, 3.63) is 0 Å². The van der Waals surface area contributed by atoms with Crippen molar-refractivity contribution in [3.8, 4) is 0 Å². The molecule has 0 aliphatic carbocycles. The molecule has 2 atom stereocenters. The van der Waals surface area contributed by atoms with Crippen LogP contribution in [0.25, 0.3) is 0 Å². The topological polar surface area (TPSA) is 46.1 Å². The van der Waals surface area contributed by atoms with E-state index < -0.39 is 0 Å². The van der Waals surface area contributed by atoms with Crippen LogP contribution in [0.1, 0.15) is 34.6 Å². The van der Waals surface area contributed by atoms with E-state index in [0.717, 1.165) is 32.1 Å². The summed E-state index contributed by atoms with van der Waals surface area (Å²) in [4.78, 5) is 12.5. The summed E-state index contributed by atoms with van der Waals surface area (Å²) in [6, 6.07) is 1.11. The third-order valence-electron chi connectivity index (χ3n) is 5.64. The molecule has 146 valence electrons. The summed E-state index contributed by atoms with van der Waals surface area (Å²) in [5, 5.41) is 7.10. The van der Waals surface area contributed by atoms with Crippen LogP contribution in [0.3, 0.4) is 0 Å². The van der Waals surface area contributed by atoms with Gasteiger partial charge in [-0.05, 0) is 33.2 Å². The molecule has 25 heavy (non-hydrogen) atoms. The zero-order valence-electron chi connectivity index (χ0n) is 17.1. The zero-order chi connectivity index (χ0) is 18.2. The van der Waals surface area contributed by atoms with Gasteiger partial charge in [-0.3, -0.25) is 14.8 Å². The maximum Gasteiger partial charge on any atom is 0.191 e. The van der Waals surface area contributed by atoms with Crippen molar-refractivity contribution < 1.29 is 0 Å². The van der Waals surface area contributed by atoms with Gasteiger partial charge in [0.1, 0.15) is 0 Å². The van der Waals surface area contributed by atoms with Crippen LogP contribution in [0, 0.1) is 5.92 Å². The van der Waals surface area contributed by atoms with Crippen LogP contribution >= 0.6 is 0 Å². The van der Waals surface area contributed by atoms with Crippen LogP contribution < -0.4 is 10.6 Å². The van der Waals surface area contributed by atoms with Crippen molar-refractivity contribution >= 4 is 5.96 Å². The van der Waals surface area contributed by atoms with Gasteiger partial charge in [0, 0.05) is 64.4 Å². The molecule has 0 aromatic heterocycles. The van der Waals surface area contributed by atoms with E-state index in [1.807, 2.05) is 0 Å². The third-order valence-corrected chi connectivity index (χ3v) is 5.64. The molecule has 6 heteroatoms. The molecule has 2 fully saturated rings. The molecule has 2 saturated heterocycles. The Bertz CT molecular complexity index is 403. The fourth-order valence-corrected chi connectivity index (χ4v) is 3.74. The van der Waals surface area contributed by atoms with Crippen LogP contribution in [-0.2, 0) is 0 Å². The Morgan fingerprint density at radius 3 is 2.32 bits per heavy atom. The van der Waals surface area contributed by atoms with E-state index in [9.17, 15) is 0 Å². The number of hydrogen-bond donors (Lipinski definition) is 2. The lowest BCUT2D eigenvalue weighted by Gasteiger charge is -2.33. The van der Waals surface area contributed by atoms with Gasteiger partial charge in [0.15, 0.2) is 5.96 Å². The molecule has 0 amide bonds. The summed E-state index contributed by atoms with van der Waals surface area (Å²) in [5.74, 6) is 1.64. The Morgan fingerprint density at radius 1 is 1.08 bits per heavy atom. The van der Waals surface area contributed by atoms with Crippen molar-refractivity contribution in [1.82, 2.24) is 25.3 Å². The molecule has 2 unspecified atom stereocenters. The van der Waals surface area contributed by atoms with E-state index in [1.54, 1.807) is 0 Å². The number of piperazine rings is 1. The SMILES string of the molecule is CCNC(=NCCN1CCN(CC)CC1)NC1CN(C(C)C)CC1C. The first-order chi connectivity index (χ1) is 12.0. The summed E-state index contributed by atoms with van der Waals surface area (Å²) < 4.78 is 0. The second-order valence-corrected chi connectivity index (χ2v) is 7.81. The normalized spacial score (nSPS) is 27.2. The monoisotopic (exact) mass is 352 g/mol. The molecule has 0 bridgehead atoms. The van der Waals surface area contributed by atoms with E-state index in [1.165, 1.54) is 39.3 Å². The average Bonchev–Trinajstić information content (AvgIpc) is 2.97. The second-order valence-electron chi connectivity index (χ2n) is 7.81. The molecule has 6 nitrogen and oxygen atoms in total. The average molecular weight is 353 g/mol. The van der Waals surface area contributed by atoms with Crippen molar-refractivity contribution in [2.45, 2.75) is 46.7 Å². The minimum absolute atomic E-state index is 0.494. The number of aliphatic imine (C=N–C) groups is 1. The predicted octanol–water partition coefficient (Wildman–Crippen LogP) is 0.908. The van der Waals surface area contributed by atoms with Gasteiger partial charge in [-0.2, -0.15) is 0 Å². The van der Waals surface area contributed by atoms with Gasteiger partial charge < -0.3 is 15.5 Å². The van der Waals surface area contributed by atoms with Crippen molar-refractivity contribution in [2.75, 3.05) is 65.4 Å². The fourth-order valence-electron chi connectivity index (χ4n) is 3.74. The molecule has 2 heterocycles. The highest BCUT2D eigenvalue weighted by Gasteiger charge is 2.31. The molecule has 0 aromatic carbocycles. The van der Waals surface area contributed by atoms with Crippen molar-refractivity contribution in [2.24, 2.45) is 10.9 Å². The first-order valence-corrected chi connectivity index (χ1v) is 10.3.